The molecule has 0 heterocycles. The number of halogens is 2. The van der Waals surface area contributed by atoms with E-state index in [4.69, 9.17) is 16.3 Å². The molecule has 0 atom stereocenters. The van der Waals surface area contributed by atoms with Gasteiger partial charge in [0.1, 0.15) is 0 Å². The van der Waals surface area contributed by atoms with E-state index in [0.717, 1.165) is 0 Å². The molecule has 0 radical (unpaired) electrons. The summed E-state index contributed by atoms with van der Waals surface area (Å²) in [7, 11) is 1.25. The van der Waals surface area contributed by atoms with Gasteiger partial charge in [0.05, 0.1) is 23.4 Å². The molecular formula is C16H13ClFNO4. The molecule has 1 N–H and O–H groups in total. The van der Waals surface area contributed by atoms with Gasteiger partial charge < -0.3 is 14.8 Å². The molecule has 120 valence electrons. The van der Waals surface area contributed by atoms with Gasteiger partial charge in [-0.25, -0.2) is 9.18 Å². The third-order valence-corrected chi connectivity index (χ3v) is 3.19. The van der Waals surface area contributed by atoms with E-state index in [2.05, 4.69) is 10.1 Å². The first kappa shape index (κ1) is 16.8. The zero-order chi connectivity index (χ0) is 16.8. The Kier molecular flexibility index (Phi) is 5.54. The lowest BCUT2D eigenvalue weighted by Crippen LogP contribution is -2.21. The molecule has 0 saturated heterocycles. The van der Waals surface area contributed by atoms with E-state index < -0.39 is 24.3 Å². The highest BCUT2D eigenvalue weighted by molar-refractivity contribution is 6.33. The minimum Gasteiger partial charge on any atom is -0.481 e. The molecule has 0 unspecified atom stereocenters. The summed E-state index contributed by atoms with van der Waals surface area (Å²) in [5, 5.41) is 2.74. The van der Waals surface area contributed by atoms with Crippen LogP contribution in [0.4, 0.5) is 10.1 Å². The number of hydrogen-bond acceptors (Lipinski definition) is 4. The van der Waals surface area contributed by atoms with Gasteiger partial charge in [0.2, 0.25) is 0 Å². The first-order valence-corrected chi connectivity index (χ1v) is 6.94. The number of rotatable bonds is 5. The number of ether oxygens (including phenoxy) is 2. The second kappa shape index (κ2) is 7.60. The molecule has 2 rings (SSSR count). The predicted molar refractivity (Wildman–Crippen MR) is 83.3 cm³/mol. The van der Waals surface area contributed by atoms with Crippen molar-refractivity contribution < 1.29 is 23.5 Å². The average Bonchev–Trinajstić information content (AvgIpc) is 2.55. The SMILES string of the molecule is COC(=O)c1ccc(Cl)c(NC(=O)COc2ccccc2F)c1. The second-order valence-electron chi connectivity index (χ2n) is 4.45. The minimum absolute atomic E-state index is 0.0305. The molecule has 0 aliphatic heterocycles. The van der Waals surface area contributed by atoms with E-state index in [0.29, 0.717) is 0 Å². The van der Waals surface area contributed by atoms with Crippen LogP contribution in [-0.2, 0) is 9.53 Å². The summed E-state index contributed by atoms with van der Waals surface area (Å²) < 4.78 is 23.1. The van der Waals surface area contributed by atoms with E-state index in [1.165, 1.54) is 43.5 Å². The highest BCUT2D eigenvalue weighted by Crippen LogP contribution is 2.23. The molecule has 0 aliphatic carbocycles. The van der Waals surface area contributed by atoms with Crippen LogP contribution in [-0.4, -0.2) is 25.6 Å². The van der Waals surface area contributed by atoms with Crippen LogP contribution in [0.3, 0.4) is 0 Å². The fraction of sp³-hybridized carbons (Fsp3) is 0.125. The molecule has 5 nitrogen and oxygen atoms in total. The molecule has 7 heteroatoms. The monoisotopic (exact) mass is 337 g/mol. The summed E-state index contributed by atoms with van der Waals surface area (Å²) in [6, 6.07) is 10.1. The van der Waals surface area contributed by atoms with Gasteiger partial charge in [-0.2, -0.15) is 0 Å². The Balaban J connectivity index is 2.02. The number of nitrogens with one attached hydrogen (secondary N) is 1. The lowest BCUT2D eigenvalue weighted by molar-refractivity contribution is -0.118. The standard InChI is InChI=1S/C16H13ClFNO4/c1-22-16(21)10-6-7-11(17)13(8-10)19-15(20)9-23-14-5-3-2-4-12(14)18/h2-8H,9H2,1H3,(H,19,20). The van der Waals surface area contributed by atoms with Crippen LogP contribution in [0.5, 0.6) is 5.75 Å². The van der Waals surface area contributed by atoms with Crippen molar-refractivity contribution in [1.29, 1.82) is 0 Å². The maximum absolute atomic E-state index is 13.4. The van der Waals surface area contributed by atoms with Crippen molar-refractivity contribution in [2.24, 2.45) is 0 Å². The van der Waals surface area contributed by atoms with Gasteiger partial charge in [-0.15, -0.1) is 0 Å². The topological polar surface area (TPSA) is 64.6 Å². The first-order valence-electron chi connectivity index (χ1n) is 6.56. The van der Waals surface area contributed by atoms with Crippen molar-refractivity contribution in [1.82, 2.24) is 0 Å². The highest BCUT2D eigenvalue weighted by atomic mass is 35.5. The maximum Gasteiger partial charge on any atom is 0.337 e. The molecule has 0 aromatic heterocycles. The van der Waals surface area contributed by atoms with Crippen molar-refractivity contribution in [2.75, 3.05) is 19.0 Å². The molecule has 2 aromatic rings. The first-order chi connectivity index (χ1) is 11.0. The van der Waals surface area contributed by atoms with E-state index >= 15 is 0 Å². The maximum atomic E-state index is 13.4. The van der Waals surface area contributed by atoms with Crippen LogP contribution >= 0.6 is 11.6 Å². The molecular weight excluding hydrogens is 325 g/mol. The Morgan fingerprint density at radius 2 is 1.96 bits per heavy atom. The fourth-order valence-electron chi connectivity index (χ4n) is 1.76. The van der Waals surface area contributed by atoms with Gasteiger partial charge in [-0.1, -0.05) is 23.7 Å². The molecule has 2 aromatic carbocycles. The van der Waals surface area contributed by atoms with Crippen LogP contribution in [0, 0.1) is 5.82 Å². The molecule has 23 heavy (non-hydrogen) atoms. The lowest BCUT2D eigenvalue weighted by Gasteiger charge is -2.10. The number of esters is 1. The summed E-state index contributed by atoms with van der Waals surface area (Å²) in [5.41, 5.74) is 0.471. The highest BCUT2D eigenvalue weighted by Gasteiger charge is 2.12. The van der Waals surface area contributed by atoms with Gasteiger partial charge in [-0.05, 0) is 30.3 Å². The van der Waals surface area contributed by atoms with Crippen molar-refractivity contribution in [3.05, 3.63) is 58.9 Å². The third-order valence-electron chi connectivity index (χ3n) is 2.86. The lowest BCUT2D eigenvalue weighted by atomic mass is 10.2. The minimum atomic E-state index is -0.564. The van der Waals surface area contributed by atoms with Crippen LogP contribution in [0.2, 0.25) is 5.02 Å². The summed E-state index contributed by atoms with van der Waals surface area (Å²) >= 11 is 5.96. The fourth-order valence-corrected chi connectivity index (χ4v) is 1.92. The molecule has 1 amide bonds. The Labute approximate surface area is 137 Å². The molecule has 0 bridgehead atoms. The van der Waals surface area contributed by atoms with E-state index in [1.54, 1.807) is 6.07 Å². The molecule has 0 saturated carbocycles. The second-order valence-corrected chi connectivity index (χ2v) is 4.86. The Morgan fingerprint density at radius 1 is 1.22 bits per heavy atom. The van der Waals surface area contributed by atoms with Gasteiger partial charge in [-0.3, -0.25) is 4.79 Å². The molecule has 0 aliphatic rings. The smallest absolute Gasteiger partial charge is 0.337 e. The number of anilines is 1. The number of hydrogen-bond donors (Lipinski definition) is 1. The number of carbonyl (C=O) groups excluding carboxylic acids is 2. The molecule has 0 fully saturated rings. The van der Waals surface area contributed by atoms with Crippen LogP contribution in [0.1, 0.15) is 10.4 Å². The Hall–Kier alpha value is -2.60. The van der Waals surface area contributed by atoms with Gasteiger partial charge >= 0.3 is 5.97 Å². The van der Waals surface area contributed by atoms with Crippen molar-refractivity contribution in [2.45, 2.75) is 0 Å². The van der Waals surface area contributed by atoms with Crippen LogP contribution in [0.25, 0.3) is 0 Å². The summed E-state index contributed by atoms with van der Waals surface area (Å²) in [6.45, 7) is -0.403. The summed E-state index contributed by atoms with van der Waals surface area (Å²) in [6.07, 6.45) is 0. The number of carbonyl (C=O) groups is 2. The van der Waals surface area contributed by atoms with Crippen molar-refractivity contribution in [3.63, 3.8) is 0 Å². The summed E-state index contributed by atoms with van der Waals surface area (Å²) in [5.74, 6) is -1.69. The van der Waals surface area contributed by atoms with E-state index in [-0.39, 0.29) is 22.0 Å². The summed E-state index contributed by atoms with van der Waals surface area (Å²) in [4.78, 5) is 23.3. The van der Waals surface area contributed by atoms with Crippen molar-refractivity contribution >= 4 is 29.2 Å². The van der Waals surface area contributed by atoms with Gasteiger partial charge in [0.25, 0.3) is 5.91 Å². The van der Waals surface area contributed by atoms with Crippen LogP contribution in [0.15, 0.2) is 42.5 Å². The van der Waals surface area contributed by atoms with E-state index in [1.807, 2.05) is 0 Å². The molecule has 0 spiro atoms. The van der Waals surface area contributed by atoms with E-state index in [9.17, 15) is 14.0 Å². The quantitative estimate of drug-likeness (QED) is 0.850. The average molecular weight is 338 g/mol. The largest absolute Gasteiger partial charge is 0.481 e. The third kappa shape index (κ3) is 4.43. The Bertz CT molecular complexity index is 736. The number of methoxy groups -OCH3 is 1. The van der Waals surface area contributed by atoms with Gasteiger partial charge in [0, 0.05) is 0 Å². The number of amides is 1. The van der Waals surface area contributed by atoms with Gasteiger partial charge in [0.15, 0.2) is 18.2 Å². The number of para-hydroxylation sites is 1. The van der Waals surface area contributed by atoms with Crippen LogP contribution < -0.4 is 10.1 Å². The predicted octanol–water partition coefficient (Wildman–Crippen LogP) is 3.28. The normalized spacial score (nSPS) is 10.0. The zero-order valence-corrected chi connectivity index (χ0v) is 12.9. The Morgan fingerprint density at radius 3 is 2.65 bits per heavy atom. The number of benzene rings is 2. The van der Waals surface area contributed by atoms with Crippen molar-refractivity contribution in [3.8, 4) is 5.75 Å². The zero-order valence-electron chi connectivity index (χ0n) is 12.1.